The van der Waals surface area contributed by atoms with Gasteiger partial charge in [-0.25, -0.2) is 4.98 Å². The summed E-state index contributed by atoms with van der Waals surface area (Å²) in [5.74, 6) is 1.01. The van der Waals surface area contributed by atoms with Gasteiger partial charge in [0.25, 0.3) is 0 Å². The quantitative estimate of drug-likeness (QED) is 0.751. The lowest BCUT2D eigenvalue weighted by Gasteiger charge is -1.97. The Morgan fingerprint density at radius 3 is 3.14 bits per heavy atom. The summed E-state index contributed by atoms with van der Waals surface area (Å²) in [7, 11) is 0. The van der Waals surface area contributed by atoms with E-state index in [4.69, 9.17) is 0 Å². The molecule has 0 atom stereocenters. The number of hydrogen-bond donors (Lipinski definition) is 0. The molecule has 0 aliphatic heterocycles. The van der Waals surface area contributed by atoms with Crippen LogP contribution in [0.1, 0.15) is 17.6 Å². The van der Waals surface area contributed by atoms with Crippen molar-refractivity contribution in [3.05, 3.63) is 40.6 Å². The van der Waals surface area contributed by atoms with Gasteiger partial charge >= 0.3 is 0 Å². The summed E-state index contributed by atoms with van der Waals surface area (Å²) in [4.78, 5) is 5.53. The maximum atomic E-state index is 4.27. The van der Waals surface area contributed by atoms with Crippen molar-refractivity contribution in [3.8, 4) is 0 Å². The van der Waals surface area contributed by atoms with Gasteiger partial charge in [0.05, 0.1) is 0 Å². The van der Waals surface area contributed by atoms with E-state index < -0.39 is 0 Å². The summed E-state index contributed by atoms with van der Waals surface area (Å²) < 4.78 is 2.12. The Morgan fingerprint density at radius 2 is 2.43 bits per heavy atom. The zero-order valence-corrected chi connectivity index (χ0v) is 8.87. The minimum absolute atomic E-state index is 0.962. The molecule has 14 heavy (non-hydrogen) atoms. The van der Waals surface area contributed by atoms with Gasteiger partial charge in [0.1, 0.15) is 5.82 Å². The molecule has 0 unspecified atom stereocenters. The predicted octanol–water partition coefficient (Wildman–Crippen LogP) is 3.13. The molecule has 0 aliphatic rings. The first-order chi connectivity index (χ1) is 6.90. The summed E-state index contributed by atoms with van der Waals surface area (Å²) in [5, 5.41) is 2.08. The molecule has 0 aromatic carbocycles. The van der Waals surface area contributed by atoms with Gasteiger partial charge in [0, 0.05) is 23.8 Å². The van der Waals surface area contributed by atoms with Crippen molar-refractivity contribution in [2.75, 3.05) is 0 Å². The van der Waals surface area contributed by atoms with E-state index in [-0.39, 0.29) is 0 Å². The minimum Gasteiger partial charge on any atom is -0.332 e. The molecular formula is C11H12N2S. The Kier molecular flexibility index (Phi) is 2.79. The Morgan fingerprint density at radius 1 is 1.50 bits per heavy atom. The molecule has 72 valence electrons. The minimum atomic E-state index is 0.962. The van der Waals surface area contributed by atoms with E-state index in [9.17, 15) is 0 Å². The third kappa shape index (κ3) is 1.93. The molecule has 0 radical (unpaired) electrons. The number of hydrogen-bond acceptors (Lipinski definition) is 2. The molecule has 2 heterocycles. The molecular weight excluding hydrogens is 192 g/mol. The van der Waals surface area contributed by atoms with Crippen LogP contribution in [0.5, 0.6) is 0 Å². The Balaban J connectivity index is 2.18. The third-order valence-electron chi connectivity index (χ3n) is 2.03. The second-order valence-corrected chi connectivity index (χ2v) is 3.90. The van der Waals surface area contributed by atoms with Gasteiger partial charge in [-0.3, -0.25) is 0 Å². The standard InChI is InChI=1S/C11H12N2S/c1-2-13-8-7-12-11(13)6-5-10-4-3-9-14-10/h3-9H,2H2,1H3/b6-5+. The molecule has 0 spiro atoms. The first kappa shape index (κ1) is 9.21. The first-order valence-corrected chi connectivity index (χ1v) is 5.51. The van der Waals surface area contributed by atoms with Crippen LogP contribution in [0, 0.1) is 0 Å². The molecule has 2 aromatic heterocycles. The fraction of sp³-hybridized carbons (Fsp3) is 0.182. The number of imidazole rings is 1. The van der Waals surface area contributed by atoms with E-state index in [0.717, 1.165) is 12.4 Å². The monoisotopic (exact) mass is 204 g/mol. The van der Waals surface area contributed by atoms with Crippen molar-refractivity contribution in [3.63, 3.8) is 0 Å². The topological polar surface area (TPSA) is 17.8 Å². The van der Waals surface area contributed by atoms with Gasteiger partial charge in [-0.05, 0) is 30.5 Å². The van der Waals surface area contributed by atoms with Gasteiger partial charge < -0.3 is 4.57 Å². The van der Waals surface area contributed by atoms with E-state index >= 15 is 0 Å². The second-order valence-electron chi connectivity index (χ2n) is 2.92. The highest BCUT2D eigenvalue weighted by molar-refractivity contribution is 7.10. The highest BCUT2D eigenvalue weighted by atomic mass is 32.1. The van der Waals surface area contributed by atoms with Crippen LogP contribution in [0.25, 0.3) is 12.2 Å². The zero-order valence-electron chi connectivity index (χ0n) is 8.05. The summed E-state index contributed by atoms with van der Waals surface area (Å²) in [6.07, 6.45) is 7.97. The van der Waals surface area contributed by atoms with E-state index in [2.05, 4.69) is 46.1 Å². The molecule has 0 amide bonds. The number of nitrogens with zero attached hydrogens (tertiary/aromatic N) is 2. The molecule has 0 saturated heterocycles. The molecule has 0 saturated carbocycles. The molecule has 3 heteroatoms. The van der Waals surface area contributed by atoms with Crippen molar-refractivity contribution in [2.45, 2.75) is 13.5 Å². The van der Waals surface area contributed by atoms with Crippen molar-refractivity contribution in [1.29, 1.82) is 0 Å². The van der Waals surface area contributed by atoms with Crippen LogP contribution >= 0.6 is 11.3 Å². The molecule has 0 N–H and O–H groups in total. The largest absolute Gasteiger partial charge is 0.332 e. The van der Waals surface area contributed by atoms with Gasteiger partial charge in [-0.1, -0.05) is 6.07 Å². The van der Waals surface area contributed by atoms with E-state index in [0.29, 0.717) is 0 Å². The highest BCUT2D eigenvalue weighted by Gasteiger charge is 1.95. The zero-order chi connectivity index (χ0) is 9.80. The maximum Gasteiger partial charge on any atom is 0.132 e. The van der Waals surface area contributed by atoms with Crippen molar-refractivity contribution < 1.29 is 0 Å². The van der Waals surface area contributed by atoms with Crippen LogP contribution in [-0.2, 0) is 6.54 Å². The summed E-state index contributed by atoms with van der Waals surface area (Å²) >= 11 is 1.73. The van der Waals surface area contributed by atoms with Crippen LogP contribution in [0.15, 0.2) is 29.9 Å². The fourth-order valence-electron chi connectivity index (χ4n) is 1.29. The Bertz CT molecular complexity index is 412. The Labute approximate surface area is 87.5 Å². The summed E-state index contributed by atoms with van der Waals surface area (Å²) in [6, 6.07) is 4.15. The van der Waals surface area contributed by atoms with Crippen LogP contribution in [0.3, 0.4) is 0 Å². The van der Waals surface area contributed by atoms with E-state index in [1.807, 2.05) is 12.4 Å². The molecule has 0 fully saturated rings. The lowest BCUT2D eigenvalue weighted by molar-refractivity contribution is 0.753. The fourth-order valence-corrected chi connectivity index (χ4v) is 1.91. The second kappa shape index (κ2) is 4.24. The average Bonchev–Trinajstić information content (AvgIpc) is 2.85. The van der Waals surface area contributed by atoms with Crippen LogP contribution in [-0.4, -0.2) is 9.55 Å². The summed E-state index contributed by atoms with van der Waals surface area (Å²) in [5.41, 5.74) is 0. The van der Waals surface area contributed by atoms with Gasteiger partial charge in [0.15, 0.2) is 0 Å². The number of aryl methyl sites for hydroxylation is 1. The lowest BCUT2D eigenvalue weighted by atomic mass is 10.4. The number of rotatable bonds is 3. The molecule has 2 nitrogen and oxygen atoms in total. The highest BCUT2D eigenvalue weighted by Crippen LogP contribution is 2.12. The molecule has 2 rings (SSSR count). The lowest BCUT2D eigenvalue weighted by Crippen LogP contribution is -1.94. The normalized spacial score (nSPS) is 11.2. The van der Waals surface area contributed by atoms with Gasteiger partial charge in [-0.2, -0.15) is 0 Å². The number of aromatic nitrogens is 2. The Hall–Kier alpha value is -1.35. The average molecular weight is 204 g/mol. The maximum absolute atomic E-state index is 4.27. The van der Waals surface area contributed by atoms with Gasteiger partial charge in [-0.15, -0.1) is 11.3 Å². The number of thiophene rings is 1. The van der Waals surface area contributed by atoms with E-state index in [1.54, 1.807) is 11.3 Å². The molecule has 0 aliphatic carbocycles. The smallest absolute Gasteiger partial charge is 0.132 e. The molecule has 0 bridgehead atoms. The third-order valence-corrected chi connectivity index (χ3v) is 2.87. The molecule has 2 aromatic rings. The van der Waals surface area contributed by atoms with Crippen LogP contribution in [0.4, 0.5) is 0 Å². The first-order valence-electron chi connectivity index (χ1n) is 4.63. The van der Waals surface area contributed by atoms with Crippen molar-refractivity contribution in [1.82, 2.24) is 9.55 Å². The predicted molar refractivity (Wildman–Crippen MR) is 61.1 cm³/mol. The van der Waals surface area contributed by atoms with Crippen LogP contribution in [0.2, 0.25) is 0 Å². The van der Waals surface area contributed by atoms with Gasteiger partial charge in [0.2, 0.25) is 0 Å². The van der Waals surface area contributed by atoms with E-state index in [1.165, 1.54) is 4.88 Å². The van der Waals surface area contributed by atoms with Crippen molar-refractivity contribution >= 4 is 23.5 Å². The van der Waals surface area contributed by atoms with Crippen LogP contribution < -0.4 is 0 Å². The van der Waals surface area contributed by atoms with Crippen molar-refractivity contribution in [2.24, 2.45) is 0 Å². The summed E-state index contributed by atoms with van der Waals surface area (Å²) in [6.45, 7) is 3.08. The SMILES string of the molecule is CCn1ccnc1/C=C/c1cccs1.